The number of fused-ring (bicyclic) bond motifs is 1. The van der Waals surface area contributed by atoms with Gasteiger partial charge in [-0.15, -0.1) is 0 Å². The number of alkyl halides is 1. The Hall–Kier alpha value is -1.52. The highest BCUT2D eigenvalue weighted by molar-refractivity contribution is 5.82. The number of rotatable bonds is 3. The molecule has 0 spiro atoms. The van der Waals surface area contributed by atoms with Crippen LogP contribution in [0.5, 0.6) is 0 Å². The molecule has 0 bridgehead atoms. The summed E-state index contributed by atoms with van der Waals surface area (Å²) < 4.78 is 20.6. The number of halogens is 1. The highest BCUT2D eigenvalue weighted by Crippen LogP contribution is 2.34. The Bertz CT molecular complexity index is 589. The van der Waals surface area contributed by atoms with Crippen LogP contribution < -0.4 is 5.32 Å². The third-order valence-corrected chi connectivity index (χ3v) is 3.82. The summed E-state index contributed by atoms with van der Waals surface area (Å²) in [4.78, 5) is 4.35. The lowest BCUT2D eigenvalue weighted by atomic mass is 9.89. The van der Waals surface area contributed by atoms with Crippen molar-refractivity contribution in [3.05, 3.63) is 42.1 Å². The first-order chi connectivity index (χ1) is 9.67. The van der Waals surface area contributed by atoms with Gasteiger partial charge in [-0.2, -0.15) is 0 Å². The fraction of sp³-hybridized carbons (Fsp3) is 0.438. The van der Waals surface area contributed by atoms with Crippen LogP contribution in [0.15, 0.2) is 36.5 Å². The largest absolute Gasteiger partial charge is 0.379 e. The van der Waals surface area contributed by atoms with Crippen LogP contribution >= 0.6 is 0 Å². The SMILES string of the molecule is CC(F)(CC1COCCN1)c1cccc2cccnc12. The van der Waals surface area contributed by atoms with E-state index in [1.807, 2.05) is 30.3 Å². The van der Waals surface area contributed by atoms with E-state index in [0.29, 0.717) is 25.2 Å². The number of hydrogen-bond donors (Lipinski definition) is 1. The number of morpholine rings is 1. The molecule has 1 N–H and O–H groups in total. The summed E-state index contributed by atoms with van der Waals surface area (Å²) in [5.41, 5.74) is -0.0219. The lowest BCUT2D eigenvalue weighted by Gasteiger charge is -2.30. The number of pyridine rings is 1. The highest BCUT2D eigenvalue weighted by Gasteiger charge is 2.32. The molecule has 3 rings (SSSR count). The van der Waals surface area contributed by atoms with Crippen LogP contribution in [0.3, 0.4) is 0 Å². The normalized spacial score (nSPS) is 22.6. The average molecular weight is 274 g/mol. The molecular formula is C16H19FN2O. The van der Waals surface area contributed by atoms with Gasteiger partial charge in [0.25, 0.3) is 0 Å². The Morgan fingerprint density at radius 3 is 3.05 bits per heavy atom. The molecular weight excluding hydrogens is 255 g/mol. The van der Waals surface area contributed by atoms with E-state index in [9.17, 15) is 0 Å². The number of benzene rings is 1. The number of para-hydroxylation sites is 1. The smallest absolute Gasteiger partial charge is 0.136 e. The zero-order chi connectivity index (χ0) is 14.0. The summed E-state index contributed by atoms with van der Waals surface area (Å²) in [6.45, 7) is 3.69. The maximum absolute atomic E-state index is 15.2. The van der Waals surface area contributed by atoms with Crippen LogP contribution in [-0.4, -0.2) is 30.8 Å². The standard InChI is InChI=1S/C16H19FN2O/c1-16(17,10-13-11-20-9-8-18-13)14-6-2-4-12-5-3-7-19-15(12)14/h2-7,13,18H,8-11H2,1H3. The molecule has 1 aromatic carbocycles. The van der Waals surface area contributed by atoms with Crippen molar-refractivity contribution in [1.82, 2.24) is 10.3 Å². The number of aromatic nitrogens is 1. The molecule has 0 radical (unpaired) electrons. The summed E-state index contributed by atoms with van der Waals surface area (Å²) in [6.07, 6.45) is 2.10. The topological polar surface area (TPSA) is 34.1 Å². The van der Waals surface area contributed by atoms with Crippen LogP contribution in [0, 0.1) is 0 Å². The van der Waals surface area contributed by atoms with Crippen LogP contribution in [0.2, 0.25) is 0 Å². The molecule has 4 heteroatoms. The van der Waals surface area contributed by atoms with Gasteiger partial charge in [0, 0.05) is 36.2 Å². The van der Waals surface area contributed by atoms with Gasteiger partial charge in [0.2, 0.25) is 0 Å². The van der Waals surface area contributed by atoms with Gasteiger partial charge in [-0.3, -0.25) is 4.98 Å². The van der Waals surface area contributed by atoms with Gasteiger partial charge in [-0.1, -0.05) is 24.3 Å². The minimum Gasteiger partial charge on any atom is -0.379 e. The maximum atomic E-state index is 15.2. The first kappa shape index (κ1) is 13.5. The van der Waals surface area contributed by atoms with Crippen molar-refractivity contribution < 1.29 is 9.13 Å². The first-order valence-corrected chi connectivity index (χ1v) is 7.01. The second-order valence-corrected chi connectivity index (χ2v) is 5.51. The van der Waals surface area contributed by atoms with Gasteiger partial charge in [-0.05, 0) is 13.0 Å². The van der Waals surface area contributed by atoms with Crippen LogP contribution in [0.1, 0.15) is 18.9 Å². The van der Waals surface area contributed by atoms with Crippen molar-refractivity contribution in [1.29, 1.82) is 0 Å². The zero-order valence-corrected chi connectivity index (χ0v) is 11.6. The van der Waals surface area contributed by atoms with Gasteiger partial charge >= 0.3 is 0 Å². The fourth-order valence-electron chi connectivity index (χ4n) is 2.85. The van der Waals surface area contributed by atoms with E-state index < -0.39 is 5.67 Å². The van der Waals surface area contributed by atoms with E-state index in [1.54, 1.807) is 13.1 Å². The Morgan fingerprint density at radius 2 is 2.25 bits per heavy atom. The van der Waals surface area contributed by atoms with E-state index in [-0.39, 0.29) is 6.04 Å². The Kier molecular flexibility index (Phi) is 3.68. The molecule has 1 saturated heterocycles. The molecule has 1 aliphatic rings. The Labute approximate surface area is 118 Å². The maximum Gasteiger partial charge on any atom is 0.136 e. The number of hydrogen-bond acceptors (Lipinski definition) is 3. The summed E-state index contributed by atoms with van der Waals surface area (Å²) in [6, 6.07) is 9.57. The summed E-state index contributed by atoms with van der Waals surface area (Å²) >= 11 is 0. The third-order valence-electron chi connectivity index (χ3n) is 3.82. The summed E-state index contributed by atoms with van der Waals surface area (Å²) in [5, 5.41) is 4.28. The van der Waals surface area contributed by atoms with E-state index in [0.717, 1.165) is 17.4 Å². The molecule has 1 aromatic heterocycles. The van der Waals surface area contributed by atoms with Crippen LogP contribution in [-0.2, 0) is 10.4 Å². The molecule has 0 saturated carbocycles. The van der Waals surface area contributed by atoms with Crippen molar-refractivity contribution in [3.8, 4) is 0 Å². The van der Waals surface area contributed by atoms with Crippen LogP contribution in [0.25, 0.3) is 10.9 Å². The molecule has 106 valence electrons. The molecule has 2 atom stereocenters. The van der Waals surface area contributed by atoms with Gasteiger partial charge in [0.1, 0.15) is 5.67 Å². The third kappa shape index (κ3) is 2.67. The summed E-state index contributed by atoms with van der Waals surface area (Å²) in [5.74, 6) is 0. The molecule has 2 aromatic rings. The number of ether oxygens (including phenoxy) is 1. The quantitative estimate of drug-likeness (QED) is 0.934. The molecule has 2 unspecified atom stereocenters. The van der Waals surface area contributed by atoms with E-state index >= 15 is 4.39 Å². The minimum atomic E-state index is -1.42. The molecule has 1 aliphatic heterocycles. The van der Waals surface area contributed by atoms with Gasteiger partial charge in [0.15, 0.2) is 0 Å². The van der Waals surface area contributed by atoms with Crippen molar-refractivity contribution in [2.45, 2.75) is 25.1 Å². The Morgan fingerprint density at radius 1 is 1.40 bits per heavy atom. The molecule has 0 aliphatic carbocycles. The predicted molar refractivity (Wildman–Crippen MR) is 77.4 cm³/mol. The lowest BCUT2D eigenvalue weighted by molar-refractivity contribution is 0.0478. The highest BCUT2D eigenvalue weighted by atomic mass is 19.1. The number of nitrogens with one attached hydrogen (secondary N) is 1. The van der Waals surface area contributed by atoms with Crippen molar-refractivity contribution >= 4 is 10.9 Å². The molecule has 2 heterocycles. The first-order valence-electron chi connectivity index (χ1n) is 7.01. The van der Waals surface area contributed by atoms with Crippen molar-refractivity contribution in [2.75, 3.05) is 19.8 Å². The van der Waals surface area contributed by atoms with Crippen molar-refractivity contribution in [3.63, 3.8) is 0 Å². The fourth-order valence-corrected chi connectivity index (χ4v) is 2.85. The minimum absolute atomic E-state index is 0.0534. The Balaban J connectivity index is 1.91. The van der Waals surface area contributed by atoms with E-state index in [1.165, 1.54) is 0 Å². The second-order valence-electron chi connectivity index (χ2n) is 5.51. The van der Waals surface area contributed by atoms with E-state index in [4.69, 9.17) is 4.74 Å². The zero-order valence-electron chi connectivity index (χ0n) is 11.6. The monoisotopic (exact) mass is 274 g/mol. The summed E-state index contributed by atoms with van der Waals surface area (Å²) in [7, 11) is 0. The van der Waals surface area contributed by atoms with Crippen molar-refractivity contribution in [2.24, 2.45) is 0 Å². The predicted octanol–water partition coefficient (Wildman–Crippen LogP) is 2.80. The van der Waals surface area contributed by atoms with Gasteiger partial charge in [-0.25, -0.2) is 4.39 Å². The second kappa shape index (κ2) is 5.46. The number of nitrogens with zero attached hydrogens (tertiary/aromatic N) is 1. The van der Waals surface area contributed by atoms with E-state index in [2.05, 4.69) is 10.3 Å². The van der Waals surface area contributed by atoms with Gasteiger partial charge < -0.3 is 10.1 Å². The van der Waals surface area contributed by atoms with Gasteiger partial charge in [0.05, 0.1) is 18.7 Å². The molecule has 0 amide bonds. The average Bonchev–Trinajstić information content (AvgIpc) is 2.47. The lowest BCUT2D eigenvalue weighted by Crippen LogP contribution is -2.44. The molecule has 20 heavy (non-hydrogen) atoms. The molecule has 1 fully saturated rings. The molecule has 3 nitrogen and oxygen atoms in total. The van der Waals surface area contributed by atoms with Crippen LogP contribution in [0.4, 0.5) is 4.39 Å².